The van der Waals surface area contributed by atoms with Crippen molar-refractivity contribution in [2.45, 2.75) is 25.4 Å². The molecule has 0 amide bonds. The number of hydrogen-bond acceptors (Lipinski definition) is 2. The molecule has 0 fully saturated rings. The first-order valence-corrected chi connectivity index (χ1v) is 5.02. The molecule has 1 unspecified atom stereocenters. The number of aliphatic hydroxyl groups excluding tert-OH is 1. The second-order valence-electron chi connectivity index (χ2n) is 3.90. The van der Waals surface area contributed by atoms with Gasteiger partial charge in [-0.05, 0) is 18.9 Å². The second-order valence-corrected chi connectivity index (χ2v) is 3.90. The molecule has 2 heteroatoms. The topological polar surface area (TPSA) is 33.4 Å². The van der Waals surface area contributed by atoms with Gasteiger partial charge >= 0.3 is 0 Å². The van der Waals surface area contributed by atoms with E-state index in [1.54, 1.807) is 0 Å². The van der Waals surface area contributed by atoms with Crippen molar-refractivity contribution in [1.82, 2.24) is 0 Å². The highest BCUT2D eigenvalue weighted by molar-refractivity contribution is 5.82. The third kappa shape index (κ3) is 1.07. The molecule has 0 bridgehead atoms. The quantitative estimate of drug-likeness (QED) is 0.688. The molecule has 1 N–H and O–H groups in total. The molecule has 0 aliphatic heterocycles. The van der Waals surface area contributed by atoms with E-state index in [9.17, 15) is 5.11 Å². The SMILES string of the molecule is OC1CCc2c(oc3ccccc23)C1. The van der Waals surface area contributed by atoms with Gasteiger partial charge in [-0.1, -0.05) is 18.2 Å². The van der Waals surface area contributed by atoms with E-state index in [1.165, 1.54) is 10.9 Å². The number of rotatable bonds is 0. The van der Waals surface area contributed by atoms with Crippen LogP contribution in [0.3, 0.4) is 0 Å². The molecule has 14 heavy (non-hydrogen) atoms. The molecule has 1 heterocycles. The van der Waals surface area contributed by atoms with E-state index in [2.05, 4.69) is 6.07 Å². The van der Waals surface area contributed by atoms with Gasteiger partial charge in [-0.2, -0.15) is 0 Å². The molecule has 3 rings (SSSR count). The van der Waals surface area contributed by atoms with Crippen molar-refractivity contribution < 1.29 is 9.52 Å². The monoisotopic (exact) mass is 188 g/mol. The predicted molar refractivity (Wildman–Crippen MR) is 54.2 cm³/mol. The van der Waals surface area contributed by atoms with Crippen LogP contribution in [0, 0.1) is 0 Å². The van der Waals surface area contributed by atoms with Crippen molar-refractivity contribution in [3.05, 3.63) is 35.6 Å². The number of aryl methyl sites for hydroxylation is 1. The summed E-state index contributed by atoms with van der Waals surface area (Å²) in [6.07, 6.45) is 2.25. The molecule has 2 aromatic rings. The summed E-state index contributed by atoms with van der Waals surface area (Å²) in [4.78, 5) is 0. The van der Waals surface area contributed by atoms with Crippen LogP contribution < -0.4 is 0 Å². The first kappa shape index (κ1) is 8.06. The van der Waals surface area contributed by atoms with Gasteiger partial charge in [0.2, 0.25) is 0 Å². The van der Waals surface area contributed by atoms with Crippen LogP contribution in [-0.2, 0) is 12.8 Å². The summed E-state index contributed by atoms with van der Waals surface area (Å²) in [6.45, 7) is 0. The standard InChI is InChI=1S/C12H12O2/c13-8-5-6-10-9-3-1-2-4-11(9)14-12(10)7-8/h1-4,8,13H,5-7H2. The van der Waals surface area contributed by atoms with Crippen molar-refractivity contribution in [1.29, 1.82) is 0 Å². The highest BCUT2D eigenvalue weighted by Gasteiger charge is 2.22. The molecular formula is C12H12O2. The Kier molecular flexibility index (Phi) is 1.64. The number of fused-ring (bicyclic) bond motifs is 3. The van der Waals surface area contributed by atoms with Gasteiger partial charge in [0.05, 0.1) is 6.10 Å². The molecule has 1 aliphatic rings. The van der Waals surface area contributed by atoms with E-state index < -0.39 is 0 Å². The number of aliphatic hydroxyl groups is 1. The number of benzene rings is 1. The maximum atomic E-state index is 9.52. The number of furan rings is 1. The fourth-order valence-corrected chi connectivity index (χ4v) is 2.22. The maximum Gasteiger partial charge on any atom is 0.134 e. The molecule has 1 aromatic carbocycles. The summed E-state index contributed by atoms with van der Waals surface area (Å²) in [5, 5.41) is 10.7. The molecule has 0 saturated heterocycles. The fraction of sp³-hybridized carbons (Fsp3) is 0.333. The van der Waals surface area contributed by atoms with E-state index in [4.69, 9.17) is 4.42 Å². The Morgan fingerprint density at radius 3 is 3.07 bits per heavy atom. The Morgan fingerprint density at radius 1 is 1.29 bits per heavy atom. The van der Waals surface area contributed by atoms with Crippen LogP contribution in [0.5, 0.6) is 0 Å². The van der Waals surface area contributed by atoms with Crippen molar-refractivity contribution in [3.63, 3.8) is 0 Å². The summed E-state index contributed by atoms with van der Waals surface area (Å²) in [5.74, 6) is 0.977. The van der Waals surface area contributed by atoms with Gasteiger partial charge in [-0.3, -0.25) is 0 Å². The van der Waals surface area contributed by atoms with Crippen molar-refractivity contribution in [3.8, 4) is 0 Å². The van der Waals surface area contributed by atoms with Crippen LogP contribution in [-0.4, -0.2) is 11.2 Å². The summed E-state index contributed by atoms with van der Waals surface area (Å²) in [7, 11) is 0. The largest absolute Gasteiger partial charge is 0.461 e. The molecule has 1 aromatic heterocycles. The highest BCUT2D eigenvalue weighted by atomic mass is 16.3. The Labute approximate surface area is 82.2 Å². The lowest BCUT2D eigenvalue weighted by atomic mass is 9.94. The third-order valence-electron chi connectivity index (χ3n) is 2.93. The van der Waals surface area contributed by atoms with E-state index >= 15 is 0 Å². The van der Waals surface area contributed by atoms with Gasteiger partial charge in [0.15, 0.2) is 0 Å². The van der Waals surface area contributed by atoms with Crippen LogP contribution in [0.2, 0.25) is 0 Å². The number of para-hydroxylation sites is 1. The zero-order valence-electron chi connectivity index (χ0n) is 7.86. The normalized spacial score (nSPS) is 21.1. The highest BCUT2D eigenvalue weighted by Crippen LogP contribution is 2.31. The minimum absolute atomic E-state index is 0.219. The molecule has 72 valence electrons. The van der Waals surface area contributed by atoms with Gasteiger partial charge in [0, 0.05) is 17.4 Å². The molecule has 0 saturated carbocycles. The molecule has 0 spiro atoms. The first-order chi connectivity index (χ1) is 6.84. The van der Waals surface area contributed by atoms with Crippen LogP contribution in [0.15, 0.2) is 28.7 Å². The Hall–Kier alpha value is -1.28. The fourth-order valence-electron chi connectivity index (χ4n) is 2.22. The zero-order valence-corrected chi connectivity index (χ0v) is 7.86. The van der Waals surface area contributed by atoms with Crippen molar-refractivity contribution in [2.75, 3.05) is 0 Å². The molecule has 2 nitrogen and oxygen atoms in total. The Balaban J connectivity index is 2.24. The van der Waals surface area contributed by atoms with Gasteiger partial charge in [-0.15, -0.1) is 0 Å². The average Bonchev–Trinajstić information content (AvgIpc) is 2.54. The van der Waals surface area contributed by atoms with Crippen LogP contribution in [0.1, 0.15) is 17.7 Å². The molecule has 1 atom stereocenters. The van der Waals surface area contributed by atoms with Crippen LogP contribution >= 0.6 is 0 Å². The maximum absolute atomic E-state index is 9.52. The van der Waals surface area contributed by atoms with Crippen LogP contribution in [0.25, 0.3) is 11.0 Å². The van der Waals surface area contributed by atoms with E-state index in [1.807, 2.05) is 18.2 Å². The third-order valence-corrected chi connectivity index (χ3v) is 2.93. The summed E-state index contributed by atoms with van der Waals surface area (Å²) in [5.41, 5.74) is 2.25. The van der Waals surface area contributed by atoms with Gasteiger partial charge in [0.1, 0.15) is 11.3 Å². The van der Waals surface area contributed by atoms with Crippen molar-refractivity contribution >= 4 is 11.0 Å². The van der Waals surface area contributed by atoms with E-state index in [0.29, 0.717) is 6.42 Å². The smallest absolute Gasteiger partial charge is 0.134 e. The minimum atomic E-state index is -0.219. The lowest BCUT2D eigenvalue weighted by Gasteiger charge is -2.15. The summed E-state index contributed by atoms with van der Waals surface area (Å²) >= 11 is 0. The lowest BCUT2D eigenvalue weighted by Crippen LogP contribution is -2.17. The van der Waals surface area contributed by atoms with E-state index in [-0.39, 0.29) is 6.10 Å². The van der Waals surface area contributed by atoms with Crippen LogP contribution in [0.4, 0.5) is 0 Å². The van der Waals surface area contributed by atoms with Crippen molar-refractivity contribution in [2.24, 2.45) is 0 Å². The number of hydrogen-bond donors (Lipinski definition) is 1. The average molecular weight is 188 g/mol. The minimum Gasteiger partial charge on any atom is -0.461 e. The van der Waals surface area contributed by atoms with Gasteiger partial charge in [0.25, 0.3) is 0 Å². The summed E-state index contributed by atoms with van der Waals surface area (Å²) < 4.78 is 5.70. The summed E-state index contributed by atoms with van der Waals surface area (Å²) in [6, 6.07) is 8.09. The van der Waals surface area contributed by atoms with E-state index in [0.717, 1.165) is 24.2 Å². The lowest BCUT2D eigenvalue weighted by molar-refractivity contribution is 0.150. The Bertz CT molecular complexity index is 470. The second kappa shape index (κ2) is 2.85. The molecular weight excluding hydrogens is 176 g/mol. The Morgan fingerprint density at radius 2 is 2.14 bits per heavy atom. The predicted octanol–water partition coefficient (Wildman–Crippen LogP) is 2.28. The zero-order chi connectivity index (χ0) is 9.54. The van der Waals surface area contributed by atoms with Gasteiger partial charge in [-0.25, -0.2) is 0 Å². The van der Waals surface area contributed by atoms with Gasteiger partial charge < -0.3 is 9.52 Å². The molecule has 1 aliphatic carbocycles. The molecule has 0 radical (unpaired) electrons. The first-order valence-electron chi connectivity index (χ1n) is 5.02.